The van der Waals surface area contributed by atoms with Crippen LogP contribution in [0, 0.1) is 0 Å². The second-order valence-electron chi connectivity index (χ2n) is 5.46. The van der Waals surface area contributed by atoms with Crippen LogP contribution in [0.1, 0.15) is 37.7 Å². The van der Waals surface area contributed by atoms with Crippen molar-refractivity contribution in [1.29, 1.82) is 0 Å². The summed E-state index contributed by atoms with van der Waals surface area (Å²) in [6.07, 6.45) is 0.915. The van der Waals surface area contributed by atoms with Gasteiger partial charge in [0.1, 0.15) is 6.61 Å². The molecule has 8 heteroatoms. The molecule has 0 aliphatic carbocycles. The van der Waals surface area contributed by atoms with Gasteiger partial charge in [-0.3, -0.25) is 14.8 Å². The molecule has 138 valence electrons. The number of ether oxygens (including phenoxy) is 1. The molecular formula is C17H24N2O6. The molecule has 3 N–H and O–H groups in total. The van der Waals surface area contributed by atoms with Crippen LogP contribution in [0.5, 0.6) is 0 Å². The van der Waals surface area contributed by atoms with Gasteiger partial charge < -0.3 is 15.2 Å². The summed E-state index contributed by atoms with van der Waals surface area (Å²) in [5.74, 6) is -1.68. The van der Waals surface area contributed by atoms with Crippen LogP contribution < -0.4 is 5.32 Å². The van der Waals surface area contributed by atoms with Crippen LogP contribution in [0.2, 0.25) is 0 Å². The normalized spacial score (nSPS) is 10.1. The van der Waals surface area contributed by atoms with Gasteiger partial charge in [-0.05, 0) is 24.8 Å². The van der Waals surface area contributed by atoms with Crippen molar-refractivity contribution in [1.82, 2.24) is 10.4 Å². The number of amides is 2. The fourth-order valence-corrected chi connectivity index (χ4v) is 2.00. The van der Waals surface area contributed by atoms with Gasteiger partial charge in [0.25, 0.3) is 0 Å². The molecule has 8 nitrogen and oxygen atoms in total. The van der Waals surface area contributed by atoms with Crippen molar-refractivity contribution in [3.05, 3.63) is 35.9 Å². The van der Waals surface area contributed by atoms with Gasteiger partial charge in [-0.25, -0.2) is 9.86 Å². The second kappa shape index (κ2) is 11.9. The zero-order chi connectivity index (χ0) is 18.5. The number of carboxylic acid groups (broad SMARTS) is 1. The first-order valence-corrected chi connectivity index (χ1v) is 8.14. The smallest absolute Gasteiger partial charge is 0.407 e. The highest BCUT2D eigenvalue weighted by molar-refractivity contribution is 5.79. The Morgan fingerprint density at radius 1 is 1.04 bits per heavy atom. The molecule has 0 aliphatic heterocycles. The molecule has 1 aromatic rings. The minimum atomic E-state index is -1.08. The molecule has 1 rings (SSSR count). The monoisotopic (exact) mass is 352 g/mol. The Hall–Kier alpha value is -2.61. The lowest BCUT2D eigenvalue weighted by Gasteiger charge is -2.14. The molecule has 0 bridgehead atoms. The second-order valence-corrected chi connectivity index (χ2v) is 5.46. The Morgan fingerprint density at radius 3 is 2.44 bits per heavy atom. The molecule has 0 fully saturated rings. The lowest BCUT2D eigenvalue weighted by atomic mass is 10.2. The third kappa shape index (κ3) is 9.98. The van der Waals surface area contributed by atoms with Gasteiger partial charge in [-0.2, -0.15) is 0 Å². The molecule has 2 amide bonds. The van der Waals surface area contributed by atoms with E-state index in [2.05, 4.69) is 5.32 Å². The number of nitrogens with one attached hydrogen (secondary N) is 1. The van der Waals surface area contributed by atoms with E-state index in [9.17, 15) is 19.6 Å². The summed E-state index contributed by atoms with van der Waals surface area (Å²) in [5.41, 5.74) is 0.910. The number of carboxylic acids is 1. The summed E-state index contributed by atoms with van der Waals surface area (Å²) in [4.78, 5) is 33.2. The van der Waals surface area contributed by atoms with Gasteiger partial charge in [0.15, 0.2) is 0 Å². The molecule has 0 unspecified atom stereocenters. The first-order chi connectivity index (χ1) is 12.0. The van der Waals surface area contributed by atoms with E-state index in [4.69, 9.17) is 9.84 Å². The summed E-state index contributed by atoms with van der Waals surface area (Å²) in [6.45, 7) is 0.785. The summed E-state index contributed by atoms with van der Waals surface area (Å²) in [7, 11) is 0. The number of benzene rings is 1. The third-order valence-corrected chi connectivity index (χ3v) is 3.37. The average Bonchev–Trinajstić information content (AvgIpc) is 2.61. The van der Waals surface area contributed by atoms with Crippen LogP contribution in [0.15, 0.2) is 30.3 Å². The van der Waals surface area contributed by atoms with Gasteiger partial charge in [0.05, 0.1) is 6.42 Å². The number of unbranched alkanes of at least 4 members (excludes halogenated alkanes) is 2. The SMILES string of the molecule is O=C(O)CCC(=O)N(O)CCCCCNC(=O)OCc1ccccc1. The van der Waals surface area contributed by atoms with Crippen LogP contribution in [-0.4, -0.2) is 46.4 Å². The van der Waals surface area contributed by atoms with Gasteiger partial charge in [-0.1, -0.05) is 30.3 Å². The number of carbonyl (C=O) groups excluding carboxylic acids is 2. The predicted octanol–water partition coefficient (Wildman–Crippen LogP) is 2.17. The molecular weight excluding hydrogens is 328 g/mol. The first kappa shape index (κ1) is 20.4. The number of hydroxylamine groups is 2. The lowest BCUT2D eigenvalue weighted by Crippen LogP contribution is -2.29. The van der Waals surface area contributed by atoms with Crippen LogP contribution in [-0.2, 0) is 20.9 Å². The average molecular weight is 352 g/mol. The Bertz CT molecular complexity index is 549. The number of aliphatic carboxylic acids is 1. The minimum absolute atomic E-state index is 0.136. The summed E-state index contributed by atoms with van der Waals surface area (Å²) < 4.78 is 5.06. The van der Waals surface area contributed by atoms with Crippen molar-refractivity contribution in [3.8, 4) is 0 Å². The van der Waals surface area contributed by atoms with Gasteiger partial charge in [0, 0.05) is 19.5 Å². The van der Waals surface area contributed by atoms with Crippen LogP contribution in [0.25, 0.3) is 0 Å². The van der Waals surface area contributed by atoms with Crippen molar-refractivity contribution in [2.24, 2.45) is 0 Å². The third-order valence-electron chi connectivity index (χ3n) is 3.37. The quantitative estimate of drug-likeness (QED) is 0.319. The molecule has 0 aliphatic rings. The van der Waals surface area contributed by atoms with E-state index in [1.165, 1.54) is 0 Å². The predicted molar refractivity (Wildman–Crippen MR) is 88.9 cm³/mol. The van der Waals surface area contributed by atoms with Gasteiger partial charge in [0.2, 0.25) is 5.91 Å². The summed E-state index contributed by atoms with van der Waals surface area (Å²) in [5, 5.41) is 21.1. The van der Waals surface area contributed by atoms with Gasteiger partial charge in [-0.15, -0.1) is 0 Å². The lowest BCUT2D eigenvalue weighted by molar-refractivity contribution is -0.166. The van der Waals surface area contributed by atoms with Crippen LogP contribution in [0.3, 0.4) is 0 Å². The standard InChI is InChI=1S/C17H24N2O6/c20-15(9-10-16(21)22)19(24)12-6-2-5-11-18-17(23)25-13-14-7-3-1-4-8-14/h1,3-4,7-8,24H,2,5-6,9-13H2,(H,18,23)(H,21,22). The zero-order valence-corrected chi connectivity index (χ0v) is 14.0. The molecule has 0 saturated carbocycles. The molecule has 0 atom stereocenters. The Kier molecular flexibility index (Phi) is 9.69. The number of carbonyl (C=O) groups is 3. The van der Waals surface area contributed by atoms with Crippen LogP contribution in [0.4, 0.5) is 4.79 Å². The molecule has 0 saturated heterocycles. The molecule has 0 heterocycles. The van der Waals surface area contributed by atoms with E-state index in [0.29, 0.717) is 30.9 Å². The van der Waals surface area contributed by atoms with Crippen molar-refractivity contribution in [2.75, 3.05) is 13.1 Å². The van der Waals surface area contributed by atoms with E-state index >= 15 is 0 Å². The molecule has 1 aromatic carbocycles. The van der Waals surface area contributed by atoms with Crippen molar-refractivity contribution in [3.63, 3.8) is 0 Å². The largest absolute Gasteiger partial charge is 0.481 e. The number of hydrogen-bond donors (Lipinski definition) is 3. The number of rotatable bonds is 11. The van der Waals surface area contributed by atoms with E-state index in [0.717, 1.165) is 5.56 Å². The minimum Gasteiger partial charge on any atom is -0.481 e. The van der Waals surface area contributed by atoms with E-state index in [-0.39, 0.29) is 26.0 Å². The molecule has 0 radical (unpaired) electrons. The van der Waals surface area contributed by atoms with Crippen molar-refractivity contribution in [2.45, 2.75) is 38.7 Å². The summed E-state index contributed by atoms with van der Waals surface area (Å²) in [6, 6.07) is 9.36. The maximum Gasteiger partial charge on any atom is 0.407 e. The molecule has 25 heavy (non-hydrogen) atoms. The Balaban J connectivity index is 2.01. The highest BCUT2D eigenvalue weighted by atomic mass is 16.5. The van der Waals surface area contributed by atoms with E-state index < -0.39 is 18.0 Å². The topological polar surface area (TPSA) is 116 Å². The summed E-state index contributed by atoms with van der Waals surface area (Å²) >= 11 is 0. The fourth-order valence-electron chi connectivity index (χ4n) is 2.00. The Morgan fingerprint density at radius 2 is 1.76 bits per heavy atom. The Labute approximate surface area is 146 Å². The highest BCUT2D eigenvalue weighted by Crippen LogP contribution is 2.02. The number of nitrogens with zero attached hydrogens (tertiary/aromatic N) is 1. The fraction of sp³-hybridized carbons (Fsp3) is 0.471. The molecule has 0 spiro atoms. The van der Waals surface area contributed by atoms with Crippen molar-refractivity contribution < 1.29 is 29.4 Å². The first-order valence-electron chi connectivity index (χ1n) is 8.14. The zero-order valence-electron chi connectivity index (χ0n) is 14.0. The maximum atomic E-state index is 11.5. The number of alkyl carbamates (subject to hydrolysis) is 1. The van der Waals surface area contributed by atoms with Gasteiger partial charge >= 0.3 is 12.1 Å². The molecule has 0 aromatic heterocycles. The maximum absolute atomic E-state index is 11.5. The van der Waals surface area contributed by atoms with Crippen LogP contribution >= 0.6 is 0 Å². The van der Waals surface area contributed by atoms with E-state index in [1.807, 2.05) is 30.3 Å². The highest BCUT2D eigenvalue weighted by Gasteiger charge is 2.12. The van der Waals surface area contributed by atoms with Crippen molar-refractivity contribution >= 4 is 18.0 Å². The van der Waals surface area contributed by atoms with E-state index in [1.54, 1.807) is 0 Å². The number of hydrogen-bond acceptors (Lipinski definition) is 5.